The van der Waals surface area contributed by atoms with Gasteiger partial charge in [-0.2, -0.15) is 5.10 Å². The van der Waals surface area contributed by atoms with Crippen LogP contribution in [0, 0.1) is 27.5 Å². The van der Waals surface area contributed by atoms with E-state index >= 15 is 0 Å². The Kier molecular flexibility index (Phi) is 9.99. The van der Waals surface area contributed by atoms with Crippen LogP contribution in [0.5, 0.6) is 11.5 Å². The number of nitro groups is 1. The number of rotatable bonds is 11. The minimum absolute atomic E-state index is 0.0243. The molecule has 1 amide bonds. The van der Waals surface area contributed by atoms with Crippen LogP contribution < -0.4 is 14.9 Å². The van der Waals surface area contributed by atoms with Crippen molar-refractivity contribution in [1.29, 1.82) is 0 Å². The van der Waals surface area contributed by atoms with E-state index in [0.717, 1.165) is 26.1 Å². The number of nitrogens with one attached hydrogen (secondary N) is 1. The standard InChI is InChI=1S/C24H24IN5O5S/c1-4-34-21-11-18(12-26-29-22(31)14-36-24-27-15(2)9-16(3)28-24)10-20(25)23(21)35-13-17-5-7-19(8-6-17)30(32)33/h5-12H,4,13-14H2,1-3H3,(H,29,31)/b26-12-. The summed E-state index contributed by atoms with van der Waals surface area (Å²) in [6.45, 7) is 6.28. The van der Waals surface area contributed by atoms with E-state index in [1.54, 1.807) is 18.2 Å². The van der Waals surface area contributed by atoms with Crippen molar-refractivity contribution in [2.45, 2.75) is 32.5 Å². The van der Waals surface area contributed by atoms with Crippen LogP contribution in [0.4, 0.5) is 5.69 Å². The second-order valence-electron chi connectivity index (χ2n) is 7.49. The van der Waals surface area contributed by atoms with Gasteiger partial charge in [0.2, 0.25) is 0 Å². The van der Waals surface area contributed by atoms with Crippen molar-refractivity contribution >= 4 is 52.2 Å². The predicted octanol–water partition coefficient (Wildman–Crippen LogP) is 4.83. The largest absolute Gasteiger partial charge is 0.490 e. The molecule has 0 saturated carbocycles. The first-order valence-electron chi connectivity index (χ1n) is 10.8. The van der Waals surface area contributed by atoms with Crippen molar-refractivity contribution in [3.63, 3.8) is 0 Å². The lowest BCUT2D eigenvalue weighted by molar-refractivity contribution is -0.384. The molecule has 3 aromatic rings. The molecule has 0 radical (unpaired) electrons. The van der Waals surface area contributed by atoms with E-state index in [1.165, 1.54) is 30.1 Å². The molecule has 1 N–H and O–H groups in total. The highest BCUT2D eigenvalue weighted by Crippen LogP contribution is 2.34. The zero-order valence-electron chi connectivity index (χ0n) is 19.9. The first kappa shape index (κ1) is 27.3. The number of halogens is 1. The minimum atomic E-state index is -0.443. The fourth-order valence-corrected chi connectivity index (χ4v) is 4.56. The molecule has 10 nitrogen and oxygen atoms in total. The molecule has 0 fully saturated rings. The number of thioether (sulfide) groups is 1. The van der Waals surface area contributed by atoms with Crippen molar-refractivity contribution < 1.29 is 19.2 Å². The Hall–Kier alpha value is -3.26. The van der Waals surface area contributed by atoms with Crippen molar-refractivity contribution in [1.82, 2.24) is 15.4 Å². The summed E-state index contributed by atoms with van der Waals surface area (Å²) >= 11 is 3.38. The molecule has 3 rings (SSSR count). The predicted molar refractivity (Wildman–Crippen MR) is 146 cm³/mol. The van der Waals surface area contributed by atoms with Crippen LogP contribution in [-0.4, -0.2) is 39.4 Å². The summed E-state index contributed by atoms with van der Waals surface area (Å²) < 4.78 is 12.5. The smallest absolute Gasteiger partial charge is 0.269 e. The zero-order chi connectivity index (χ0) is 26.1. The highest BCUT2D eigenvalue weighted by Gasteiger charge is 2.13. The molecular formula is C24H24IN5O5S. The van der Waals surface area contributed by atoms with Gasteiger partial charge in [-0.25, -0.2) is 15.4 Å². The van der Waals surface area contributed by atoms with Gasteiger partial charge >= 0.3 is 0 Å². The van der Waals surface area contributed by atoms with Crippen LogP contribution >= 0.6 is 34.4 Å². The number of nitro benzene ring substituents is 1. The number of hydrogen-bond acceptors (Lipinski definition) is 9. The van der Waals surface area contributed by atoms with Gasteiger partial charge in [-0.05, 0) is 84.8 Å². The topological polar surface area (TPSA) is 129 Å². The minimum Gasteiger partial charge on any atom is -0.490 e. The van der Waals surface area contributed by atoms with Gasteiger partial charge in [0.05, 0.1) is 27.1 Å². The third kappa shape index (κ3) is 8.16. The third-order valence-electron chi connectivity index (χ3n) is 4.56. The number of nitrogens with zero attached hydrogens (tertiary/aromatic N) is 4. The molecule has 1 aromatic heterocycles. The molecule has 0 bridgehead atoms. The molecule has 12 heteroatoms. The summed E-state index contributed by atoms with van der Waals surface area (Å²) in [5.74, 6) is 0.947. The first-order valence-corrected chi connectivity index (χ1v) is 12.9. The molecule has 0 aliphatic rings. The number of benzene rings is 2. The summed E-state index contributed by atoms with van der Waals surface area (Å²) in [7, 11) is 0. The van der Waals surface area contributed by atoms with E-state index in [0.29, 0.717) is 23.3 Å². The molecule has 0 saturated heterocycles. The molecule has 2 aromatic carbocycles. The molecule has 0 aliphatic carbocycles. The van der Waals surface area contributed by atoms with Crippen molar-refractivity contribution in [3.05, 3.63) is 78.7 Å². The second kappa shape index (κ2) is 13.2. The molecular weight excluding hydrogens is 597 g/mol. The highest BCUT2D eigenvalue weighted by atomic mass is 127. The van der Waals surface area contributed by atoms with E-state index in [1.807, 2.05) is 32.9 Å². The van der Waals surface area contributed by atoms with E-state index in [2.05, 4.69) is 43.1 Å². The zero-order valence-corrected chi connectivity index (χ0v) is 22.8. The van der Waals surface area contributed by atoms with Crippen molar-refractivity contribution in [2.24, 2.45) is 5.10 Å². The number of aromatic nitrogens is 2. The van der Waals surface area contributed by atoms with E-state index in [-0.39, 0.29) is 24.0 Å². The Balaban J connectivity index is 1.61. The number of hydrogen-bond donors (Lipinski definition) is 1. The maximum atomic E-state index is 12.2. The fraction of sp³-hybridized carbons (Fsp3) is 0.250. The SMILES string of the molecule is CCOc1cc(/C=N\NC(=O)CSc2nc(C)cc(C)n2)cc(I)c1OCc1ccc([N+](=O)[O-])cc1. The van der Waals surface area contributed by atoms with Crippen LogP contribution in [0.25, 0.3) is 0 Å². The molecule has 0 unspecified atom stereocenters. The fourth-order valence-electron chi connectivity index (χ4n) is 3.03. The third-order valence-corrected chi connectivity index (χ3v) is 6.21. The van der Waals surface area contributed by atoms with E-state index < -0.39 is 4.92 Å². The van der Waals surface area contributed by atoms with Gasteiger partial charge in [0.15, 0.2) is 16.7 Å². The molecule has 1 heterocycles. The van der Waals surface area contributed by atoms with Gasteiger partial charge < -0.3 is 9.47 Å². The number of aryl methyl sites for hydroxylation is 2. The lowest BCUT2D eigenvalue weighted by atomic mass is 10.2. The molecule has 36 heavy (non-hydrogen) atoms. The Bertz CT molecular complexity index is 1250. The van der Waals surface area contributed by atoms with Crippen molar-refractivity contribution in [3.8, 4) is 11.5 Å². The number of carbonyl (C=O) groups excluding carboxylic acids is 1. The molecule has 0 aliphatic heterocycles. The number of non-ortho nitro benzene ring substituents is 1. The number of ether oxygens (including phenoxy) is 2. The Morgan fingerprint density at radius 1 is 1.17 bits per heavy atom. The molecule has 0 atom stereocenters. The van der Waals surface area contributed by atoms with Crippen LogP contribution in [0.15, 0.2) is 52.7 Å². The number of amides is 1. The Morgan fingerprint density at radius 2 is 1.86 bits per heavy atom. The first-order chi connectivity index (χ1) is 17.2. The quantitative estimate of drug-likeness (QED) is 0.0806. The van der Waals surface area contributed by atoms with Crippen LogP contribution in [0.1, 0.15) is 29.4 Å². The highest BCUT2D eigenvalue weighted by molar-refractivity contribution is 14.1. The molecule has 0 spiro atoms. The summed E-state index contributed by atoms with van der Waals surface area (Å²) in [6, 6.07) is 11.7. The Labute approximate surface area is 226 Å². The summed E-state index contributed by atoms with van der Waals surface area (Å²) in [5.41, 5.74) is 5.74. The van der Waals surface area contributed by atoms with E-state index in [4.69, 9.17) is 9.47 Å². The molecule has 188 valence electrons. The average molecular weight is 621 g/mol. The van der Waals surface area contributed by atoms with Gasteiger partial charge in [0.25, 0.3) is 11.6 Å². The van der Waals surface area contributed by atoms with Gasteiger partial charge in [-0.3, -0.25) is 14.9 Å². The van der Waals surface area contributed by atoms with Gasteiger partial charge in [-0.15, -0.1) is 0 Å². The van der Waals surface area contributed by atoms with Crippen LogP contribution in [-0.2, 0) is 11.4 Å². The summed E-state index contributed by atoms with van der Waals surface area (Å²) in [6.07, 6.45) is 1.53. The van der Waals surface area contributed by atoms with E-state index in [9.17, 15) is 14.9 Å². The maximum Gasteiger partial charge on any atom is 0.269 e. The maximum absolute atomic E-state index is 12.2. The average Bonchev–Trinajstić information content (AvgIpc) is 2.82. The summed E-state index contributed by atoms with van der Waals surface area (Å²) in [4.78, 5) is 31.2. The monoisotopic (exact) mass is 621 g/mol. The van der Waals surface area contributed by atoms with Gasteiger partial charge in [0.1, 0.15) is 6.61 Å². The van der Waals surface area contributed by atoms with Crippen LogP contribution in [0.3, 0.4) is 0 Å². The second-order valence-corrected chi connectivity index (χ2v) is 9.60. The lowest BCUT2D eigenvalue weighted by Crippen LogP contribution is -2.19. The van der Waals surface area contributed by atoms with Crippen molar-refractivity contribution in [2.75, 3.05) is 12.4 Å². The lowest BCUT2D eigenvalue weighted by Gasteiger charge is -2.14. The Morgan fingerprint density at radius 3 is 2.50 bits per heavy atom. The van der Waals surface area contributed by atoms with Gasteiger partial charge in [-0.1, -0.05) is 11.8 Å². The summed E-state index contributed by atoms with van der Waals surface area (Å²) in [5, 5.41) is 15.4. The number of hydrazone groups is 1. The normalized spacial score (nSPS) is 10.9. The van der Waals surface area contributed by atoms with Crippen LogP contribution in [0.2, 0.25) is 0 Å². The number of carbonyl (C=O) groups is 1. The van der Waals surface area contributed by atoms with Gasteiger partial charge in [0, 0.05) is 23.5 Å².